The molecule has 0 atom stereocenters. The number of alkyl halides is 3. The molecule has 2 aromatic carbocycles. The van der Waals surface area contributed by atoms with E-state index < -0.39 is 22.1 Å². The largest absolute Gasteiger partial charge is 0.573 e. The van der Waals surface area contributed by atoms with Crippen molar-refractivity contribution in [3.63, 3.8) is 0 Å². The Morgan fingerprint density at radius 2 is 1.89 bits per heavy atom. The number of anilines is 1. The predicted octanol–water partition coefficient (Wildman–Crippen LogP) is 4.91. The molecule has 0 amide bonds. The molecule has 0 saturated heterocycles. The summed E-state index contributed by atoms with van der Waals surface area (Å²) in [5.41, 5.74) is 0.509. The van der Waals surface area contributed by atoms with Crippen molar-refractivity contribution < 1.29 is 31.1 Å². The van der Waals surface area contributed by atoms with Gasteiger partial charge in [-0.1, -0.05) is 0 Å². The lowest BCUT2D eigenvalue weighted by molar-refractivity contribution is -0.274. The van der Waals surface area contributed by atoms with E-state index in [1.807, 2.05) is 6.07 Å². The summed E-state index contributed by atoms with van der Waals surface area (Å²) in [6.07, 6.45) is -2.01. The van der Waals surface area contributed by atoms with Gasteiger partial charge in [-0.25, -0.2) is 13.4 Å². The van der Waals surface area contributed by atoms with Crippen LogP contribution >= 0.6 is 11.3 Å². The normalized spacial score (nSPS) is 11.6. The van der Waals surface area contributed by atoms with Gasteiger partial charge in [-0.2, -0.15) is 10.4 Å². The topological polar surface area (TPSA) is 119 Å². The molecule has 0 aliphatic heterocycles. The zero-order valence-electron chi connectivity index (χ0n) is 17.6. The smallest absolute Gasteiger partial charge is 0.455 e. The van der Waals surface area contributed by atoms with Gasteiger partial charge in [0.05, 0.1) is 16.2 Å². The van der Waals surface area contributed by atoms with Crippen LogP contribution in [0.5, 0.6) is 17.2 Å². The van der Waals surface area contributed by atoms with Gasteiger partial charge in [0.2, 0.25) is 0 Å². The van der Waals surface area contributed by atoms with Crippen LogP contribution in [-0.2, 0) is 17.1 Å². The van der Waals surface area contributed by atoms with E-state index in [2.05, 4.69) is 19.5 Å². The molecule has 2 aromatic heterocycles. The van der Waals surface area contributed by atoms with Crippen LogP contribution in [0.25, 0.3) is 11.3 Å². The van der Waals surface area contributed by atoms with Gasteiger partial charge in [0.1, 0.15) is 23.3 Å². The number of hydrogen-bond donors (Lipinski definition) is 1. The molecule has 14 heteroatoms. The van der Waals surface area contributed by atoms with Gasteiger partial charge >= 0.3 is 6.36 Å². The van der Waals surface area contributed by atoms with Crippen LogP contribution in [-0.4, -0.2) is 29.5 Å². The first-order chi connectivity index (χ1) is 16.6. The molecule has 180 valence electrons. The van der Waals surface area contributed by atoms with Crippen molar-refractivity contribution in [2.75, 3.05) is 4.72 Å². The maximum Gasteiger partial charge on any atom is 0.573 e. The summed E-state index contributed by atoms with van der Waals surface area (Å²) in [6, 6.07) is 10.5. The molecule has 0 fully saturated rings. The lowest BCUT2D eigenvalue weighted by atomic mass is 10.1. The highest BCUT2D eigenvalue weighted by Crippen LogP contribution is 2.38. The van der Waals surface area contributed by atoms with Crippen molar-refractivity contribution in [3.05, 3.63) is 65.8 Å². The van der Waals surface area contributed by atoms with E-state index >= 15 is 0 Å². The second-order valence-electron chi connectivity index (χ2n) is 6.86. The maximum atomic E-state index is 12.7. The second-order valence-corrected chi connectivity index (χ2v) is 9.44. The third-order valence-electron chi connectivity index (χ3n) is 4.54. The summed E-state index contributed by atoms with van der Waals surface area (Å²) in [5, 5.41) is 15.4. The number of thiazole rings is 1. The first-order valence-electron chi connectivity index (χ1n) is 9.58. The van der Waals surface area contributed by atoms with Crippen molar-refractivity contribution in [1.82, 2.24) is 14.8 Å². The van der Waals surface area contributed by atoms with Crippen LogP contribution in [0.3, 0.4) is 0 Å². The molecule has 0 unspecified atom stereocenters. The Kier molecular flexibility index (Phi) is 6.37. The van der Waals surface area contributed by atoms with Gasteiger partial charge in [-0.05, 0) is 42.5 Å². The molecule has 0 aliphatic rings. The van der Waals surface area contributed by atoms with E-state index in [1.54, 1.807) is 18.5 Å². The molecule has 1 N–H and O–H groups in total. The Balaban J connectivity index is 1.70. The molecule has 2 heterocycles. The highest BCUT2D eigenvalue weighted by atomic mass is 32.2. The average molecular weight is 522 g/mol. The number of aryl methyl sites for hydroxylation is 1. The first-order valence-corrected chi connectivity index (χ1v) is 11.9. The van der Waals surface area contributed by atoms with Crippen LogP contribution in [0.15, 0.2) is 65.1 Å². The zero-order chi connectivity index (χ0) is 25.2. The predicted molar refractivity (Wildman–Crippen MR) is 119 cm³/mol. The molecule has 35 heavy (non-hydrogen) atoms. The van der Waals surface area contributed by atoms with E-state index in [1.165, 1.54) is 35.3 Å². The molecule has 0 radical (unpaired) electrons. The Morgan fingerprint density at radius 1 is 1.11 bits per heavy atom. The van der Waals surface area contributed by atoms with Gasteiger partial charge in [0, 0.05) is 30.4 Å². The Labute approximate surface area is 201 Å². The van der Waals surface area contributed by atoms with Crippen molar-refractivity contribution in [2.45, 2.75) is 11.3 Å². The maximum absolute atomic E-state index is 12.7. The van der Waals surface area contributed by atoms with Gasteiger partial charge in [0.25, 0.3) is 10.0 Å². The number of nitriles is 1. The number of ether oxygens (including phenoxy) is 2. The van der Waals surface area contributed by atoms with Crippen LogP contribution in [0.1, 0.15) is 5.56 Å². The number of rotatable bonds is 7. The lowest BCUT2D eigenvalue weighted by Crippen LogP contribution is -2.17. The van der Waals surface area contributed by atoms with Crippen molar-refractivity contribution in [3.8, 4) is 34.6 Å². The molecular formula is C21H14F3N5O4S2. The van der Waals surface area contributed by atoms with Crippen molar-refractivity contribution >= 4 is 26.5 Å². The Bertz CT molecular complexity index is 1510. The molecule has 0 bridgehead atoms. The number of aromatic nitrogens is 3. The zero-order valence-corrected chi connectivity index (χ0v) is 19.3. The summed E-state index contributed by atoms with van der Waals surface area (Å²) in [4.78, 5) is 3.67. The van der Waals surface area contributed by atoms with Crippen LogP contribution in [0, 0.1) is 11.3 Å². The summed E-state index contributed by atoms with van der Waals surface area (Å²) >= 11 is 1.09. The SMILES string of the molecule is Cn1nccc1-c1cc(OC(F)(F)F)ccc1Oc1ccc(S(=O)(=O)Nc2nccs2)cc1C#N. The summed E-state index contributed by atoms with van der Waals surface area (Å²) in [5.74, 6) is -0.388. The second kappa shape index (κ2) is 9.28. The van der Waals surface area contributed by atoms with Gasteiger partial charge < -0.3 is 9.47 Å². The minimum atomic E-state index is -4.89. The third-order valence-corrected chi connectivity index (χ3v) is 6.69. The molecule has 4 aromatic rings. The van der Waals surface area contributed by atoms with Gasteiger partial charge in [0.15, 0.2) is 5.13 Å². The number of nitrogens with zero attached hydrogens (tertiary/aromatic N) is 4. The average Bonchev–Trinajstić information content (AvgIpc) is 3.45. The quantitative estimate of drug-likeness (QED) is 0.367. The number of nitrogens with one attached hydrogen (secondary N) is 1. The van der Waals surface area contributed by atoms with Gasteiger partial charge in [-0.3, -0.25) is 9.40 Å². The number of sulfonamides is 1. The highest BCUT2D eigenvalue weighted by Gasteiger charge is 2.31. The monoisotopic (exact) mass is 521 g/mol. The van der Waals surface area contributed by atoms with Crippen molar-refractivity contribution in [2.24, 2.45) is 7.05 Å². The standard InChI is InChI=1S/C21H14F3N5O4S2/c1-29-17(6-7-27-29)16-11-14(33-21(22,23)24)2-4-19(16)32-18-5-3-15(10-13(18)12-25)35(30,31)28-20-26-8-9-34-20/h2-11H,1H3,(H,26,28). The van der Waals surface area contributed by atoms with E-state index in [-0.39, 0.29) is 32.7 Å². The van der Waals surface area contributed by atoms with Crippen LogP contribution in [0.2, 0.25) is 0 Å². The van der Waals surface area contributed by atoms with Crippen LogP contribution in [0.4, 0.5) is 18.3 Å². The van der Waals surface area contributed by atoms with E-state index in [4.69, 9.17) is 4.74 Å². The fraction of sp³-hybridized carbons (Fsp3) is 0.0952. The highest BCUT2D eigenvalue weighted by molar-refractivity contribution is 7.93. The Morgan fingerprint density at radius 3 is 2.51 bits per heavy atom. The molecule has 0 aliphatic carbocycles. The van der Waals surface area contributed by atoms with Gasteiger partial charge in [-0.15, -0.1) is 24.5 Å². The lowest BCUT2D eigenvalue weighted by Gasteiger charge is -2.16. The fourth-order valence-electron chi connectivity index (χ4n) is 3.05. The first kappa shape index (κ1) is 24.0. The van der Waals surface area contributed by atoms with E-state index in [9.17, 15) is 26.9 Å². The molecule has 9 nitrogen and oxygen atoms in total. The fourth-order valence-corrected chi connectivity index (χ4v) is 4.87. The summed E-state index contributed by atoms with van der Waals surface area (Å²) in [6.45, 7) is 0. The Hall–Kier alpha value is -4.09. The molecule has 0 saturated carbocycles. The number of halogens is 3. The van der Waals surface area contributed by atoms with Crippen molar-refractivity contribution in [1.29, 1.82) is 5.26 Å². The van der Waals surface area contributed by atoms with E-state index in [0.29, 0.717) is 5.69 Å². The molecule has 0 spiro atoms. The summed E-state index contributed by atoms with van der Waals surface area (Å²) in [7, 11) is -2.43. The van der Waals surface area contributed by atoms with Crippen LogP contribution < -0.4 is 14.2 Å². The number of hydrogen-bond acceptors (Lipinski definition) is 8. The molecule has 4 rings (SSSR count). The number of benzene rings is 2. The third kappa shape index (κ3) is 5.53. The van der Waals surface area contributed by atoms with E-state index in [0.717, 1.165) is 29.5 Å². The minimum absolute atomic E-state index is 0.00592. The molecular weight excluding hydrogens is 507 g/mol. The minimum Gasteiger partial charge on any atom is -0.455 e. The summed E-state index contributed by atoms with van der Waals surface area (Å²) < 4.78 is 77.0.